The molecule has 1 saturated heterocycles. The third kappa shape index (κ3) is 4.99. The molecule has 11 nitrogen and oxygen atoms in total. The second-order valence-corrected chi connectivity index (χ2v) is 10.3. The van der Waals surface area contributed by atoms with Gasteiger partial charge in [0.15, 0.2) is 0 Å². The lowest BCUT2D eigenvalue weighted by molar-refractivity contribution is -0.129. The molecule has 2 aliphatic rings. The van der Waals surface area contributed by atoms with Crippen LogP contribution in [0.2, 0.25) is 0 Å². The van der Waals surface area contributed by atoms with Gasteiger partial charge in [-0.2, -0.15) is 0 Å². The summed E-state index contributed by atoms with van der Waals surface area (Å²) in [7, 11) is -4.20. The van der Waals surface area contributed by atoms with E-state index < -0.39 is 39.5 Å². The molecular formula is C22H23FN4O7S. The average molecular weight is 507 g/mol. The number of anilines is 2. The van der Waals surface area contributed by atoms with Crippen LogP contribution in [0.25, 0.3) is 0 Å². The maximum absolute atomic E-state index is 13.5. The summed E-state index contributed by atoms with van der Waals surface area (Å²) in [6.07, 6.45) is -1.58. The van der Waals surface area contributed by atoms with Crippen molar-refractivity contribution >= 4 is 39.3 Å². The van der Waals surface area contributed by atoms with Crippen molar-refractivity contribution in [1.29, 1.82) is 0 Å². The lowest BCUT2D eigenvalue weighted by Gasteiger charge is -2.36. The molecule has 35 heavy (non-hydrogen) atoms. The van der Waals surface area contributed by atoms with Crippen LogP contribution in [-0.2, 0) is 19.6 Å². The van der Waals surface area contributed by atoms with E-state index in [1.807, 2.05) is 0 Å². The number of halogens is 1. The number of carbonyl (C=O) groups is 3. The van der Waals surface area contributed by atoms with Gasteiger partial charge in [-0.15, -0.1) is 0 Å². The molecule has 13 heteroatoms. The molecule has 0 aromatic heterocycles. The van der Waals surface area contributed by atoms with Crippen molar-refractivity contribution in [2.45, 2.75) is 36.3 Å². The lowest BCUT2D eigenvalue weighted by atomic mass is 9.99. The molecule has 0 spiro atoms. The molecule has 2 atom stereocenters. The third-order valence-electron chi connectivity index (χ3n) is 5.80. The van der Waals surface area contributed by atoms with Crippen LogP contribution in [0.1, 0.15) is 19.8 Å². The van der Waals surface area contributed by atoms with Gasteiger partial charge in [0.1, 0.15) is 23.2 Å². The average Bonchev–Trinajstić information content (AvgIpc) is 3.16. The van der Waals surface area contributed by atoms with Gasteiger partial charge >= 0.3 is 6.09 Å². The summed E-state index contributed by atoms with van der Waals surface area (Å²) in [5, 5.41) is 16.5. The lowest BCUT2D eigenvalue weighted by Crippen LogP contribution is -2.55. The van der Waals surface area contributed by atoms with Gasteiger partial charge in [-0.1, -0.05) is 0 Å². The molecule has 1 fully saturated rings. The summed E-state index contributed by atoms with van der Waals surface area (Å²) in [5.41, 5.74) is -0.866. The molecule has 3 amide bonds. The van der Waals surface area contributed by atoms with Crippen molar-refractivity contribution in [2.75, 3.05) is 22.7 Å². The van der Waals surface area contributed by atoms with Crippen molar-refractivity contribution in [1.82, 2.24) is 10.6 Å². The molecule has 2 aliphatic heterocycles. The first-order chi connectivity index (χ1) is 16.5. The maximum Gasteiger partial charge on any atom is 0.409 e. The number of carboxylic acid groups (broad SMARTS) is 1. The second kappa shape index (κ2) is 9.06. The van der Waals surface area contributed by atoms with E-state index in [0.29, 0.717) is 6.42 Å². The second-order valence-electron chi connectivity index (χ2n) is 8.43. The number of sulfonamides is 1. The number of nitrogens with zero attached hydrogens (tertiary/aromatic N) is 1. The standard InChI is InChI=1S/C22H23FN4O7S/c1-22(9-8-19(28)26-22)20(29)24-11-15-12-27(35(32,33)16-5-2-13(23)3-6-16)17-10-14(25-21(30)31)4-7-18(17)34-15/h2-7,10,15,25H,8-9,11-12H2,1H3,(H,24,29)(H,26,28)(H,30,31)/t15-,22?/m0/s1. The SMILES string of the molecule is CC1(C(=O)NC[C@H]2CN(S(=O)(=O)c3ccc(F)cc3)c3cc(NC(=O)O)ccc3O2)CCC(=O)N1. The summed E-state index contributed by atoms with van der Waals surface area (Å²) in [4.78, 5) is 35.1. The number of hydrogen-bond donors (Lipinski definition) is 4. The zero-order chi connectivity index (χ0) is 25.4. The Morgan fingerprint density at radius 1 is 1.26 bits per heavy atom. The number of benzene rings is 2. The van der Waals surface area contributed by atoms with E-state index in [0.717, 1.165) is 28.6 Å². The van der Waals surface area contributed by atoms with Crippen LogP contribution in [-0.4, -0.2) is 56.2 Å². The Kier molecular flexibility index (Phi) is 6.28. The summed E-state index contributed by atoms with van der Waals surface area (Å²) in [5.74, 6) is -1.11. The molecule has 0 radical (unpaired) electrons. The van der Waals surface area contributed by atoms with Crippen LogP contribution in [0.3, 0.4) is 0 Å². The quantitative estimate of drug-likeness (QED) is 0.465. The molecule has 2 heterocycles. The first-order valence-electron chi connectivity index (χ1n) is 10.7. The Hall–Kier alpha value is -3.87. The fourth-order valence-electron chi connectivity index (χ4n) is 3.95. The van der Waals surface area contributed by atoms with Crippen molar-refractivity contribution in [3.8, 4) is 5.75 Å². The number of nitrogens with one attached hydrogen (secondary N) is 3. The van der Waals surface area contributed by atoms with Gasteiger partial charge in [0.05, 0.1) is 23.7 Å². The van der Waals surface area contributed by atoms with Crippen molar-refractivity contribution in [2.24, 2.45) is 0 Å². The zero-order valence-corrected chi connectivity index (χ0v) is 19.4. The summed E-state index contributed by atoms with van der Waals surface area (Å²) >= 11 is 0. The van der Waals surface area contributed by atoms with E-state index in [-0.39, 0.29) is 47.4 Å². The molecule has 186 valence electrons. The normalized spacial score (nSPS) is 21.5. The van der Waals surface area contributed by atoms with E-state index >= 15 is 0 Å². The molecule has 4 rings (SSSR count). The molecule has 4 N–H and O–H groups in total. The highest BCUT2D eigenvalue weighted by molar-refractivity contribution is 7.92. The number of amides is 3. The number of hydrogen-bond acceptors (Lipinski definition) is 6. The highest BCUT2D eigenvalue weighted by Gasteiger charge is 2.41. The van der Waals surface area contributed by atoms with Gasteiger partial charge in [-0.25, -0.2) is 17.6 Å². The van der Waals surface area contributed by atoms with E-state index in [9.17, 15) is 27.2 Å². The van der Waals surface area contributed by atoms with Crippen LogP contribution >= 0.6 is 0 Å². The summed E-state index contributed by atoms with van der Waals surface area (Å²) in [6.45, 7) is 1.33. The van der Waals surface area contributed by atoms with Gasteiger partial charge in [0.2, 0.25) is 11.8 Å². The minimum Gasteiger partial charge on any atom is -0.484 e. The molecule has 0 bridgehead atoms. The molecule has 0 aliphatic carbocycles. The number of ether oxygens (including phenoxy) is 1. The van der Waals surface area contributed by atoms with Gasteiger partial charge in [-0.05, 0) is 55.8 Å². The number of rotatable bonds is 6. The van der Waals surface area contributed by atoms with Crippen LogP contribution in [0.5, 0.6) is 5.75 Å². The molecule has 2 aromatic carbocycles. The Bertz CT molecular complexity index is 1290. The first-order valence-corrected chi connectivity index (χ1v) is 12.1. The smallest absolute Gasteiger partial charge is 0.409 e. The Morgan fingerprint density at radius 3 is 2.60 bits per heavy atom. The van der Waals surface area contributed by atoms with Crippen molar-refractivity contribution in [3.05, 3.63) is 48.3 Å². The largest absolute Gasteiger partial charge is 0.484 e. The zero-order valence-electron chi connectivity index (χ0n) is 18.6. The fourth-order valence-corrected chi connectivity index (χ4v) is 5.45. The van der Waals surface area contributed by atoms with E-state index in [1.54, 1.807) is 6.92 Å². The molecule has 2 aromatic rings. The van der Waals surface area contributed by atoms with Gasteiger partial charge < -0.3 is 20.5 Å². The van der Waals surface area contributed by atoms with Gasteiger partial charge in [0.25, 0.3) is 10.0 Å². The highest BCUT2D eigenvalue weighted by Crippen LogP contribution is 2.39. The predicted octanol–water partition coefficient (Wildman–Crippen LogP) is 1.66. The van der Waals surface area contributed by atoms with Crippen LogP contribution in [0.15, 0.2) is 47.4 Å². The van der Waals surface area contributed by atoms with E-state index in [1.165, 1.54) is 18.2 Å². The van der Waals surface area contributed by atoms with Crippen LogP contribution in [0, 0.1) is 5.82 Å². The third-order valence-corrected chi connectivity index (χ3v) is 7.60. The predicted molar refractivity (Wildman–Crippen MR) is 122 cm³/mol. The monoisotopic (exact) mass is 506 g/mol. The fraction of sp³-hybridized carbons (Fsp3) is 0.318. The first kappa shape index (κ1) is 24.3. The van der Waals surface area contributed by atoms with Crippen molar-refractivity contribution in [3.63, 3.8) is 0 Å². The van der Waals surface area contributed by atoms with Crippen molar-refractivity contribution < 1.29 is 37.0 Å². The summed E-state index contributed by atoms with van der Waals surface area (Å²) in [6, 6.07) is 8.43. The topological polar surface area (TPSA) is 154 Å². The van der Waals surface area contributed by atoms with Gasteiger partial charge in [0, 0.05) is 12.1 Å². The summed E-state index contributed by atoms with van der Waals surface area (Å²) < 4.78 is 47.2. The minimum absolute atomic E-state index is 0.0612. The van der Waals surface area contributed by atoms with E-state index in [4.69, 9.17) is 9.84 Å². The maximum atomic E-state index is 13.5. The number of carbonyl (C=O) groups excluding carboxylic acids is 2. The minimum atomic E-state index is -4.20. The Morgan fingerprint density at radius 2 is 1.97 bits per heavy atom. The Balaban J connectivity index is 1.62. The number of fused-ring (bicyclic) bond motifs is 1. The van der Waals surface area contributed by atoms with Crippen LogP contribution in [0.4, 0.5) is 20.6 Å². The molecular weight excluding hydrogens is 483 g/mol. The molecule has 0 saturated carbocycles. The molecule has 1 unspecified atom stereocenters. The van der Waals surface area contributed by atoms with Gasteiger partial charge in [-0.3, -0.25) is 19.2 Å². The van der Waals surface area contributed by atoms with Crippen LogP contribution < -0.4 is 25.0 Å². The Labute approximate surface area is 200 Å². The van der Waals surface area contributed by atoms with E-state index in [2.05, 4.69) is 16.0 Å². The highest BCUT2D eigenvalue weighted by atomic mass is 32.2.